The van der Waals surface area contributed by atoms with E-state index in [9.17, 15) is 9.59 Å². The maximum Gasteiger partial charge on any atom is 0.377 e. The Morgan fingerprint density at radius 3 is 2.46 bits per heavy atom. The minimum atomic E-state index is -1.44. The Balaban J connectivity index is 3.13. The Morgan fingerprint density at radius 2 is 1.92 bits per heavy atom. The summed E-state index contributed by atoms with van der Waals surface area (Å²) in [7, 11) is 1.63. The van der Waals surface area contributed by atoms with E-state index in [1.165, 1.54) is 6.07 Å². The van der Waals surface area contributed by atoms with Crippen molar-refractivity contribution in [3.8, 4) is 0 Å². The van der Waals surface area contributed by atoms with Crippen LogP contribution in [0.3, 0.4) is 0 Å². The van der Waals surface area contributed by atoms with Crippen molar-refractivity contribution >= 4 is 17.4 Å². The molecule has 0 heterocycles. The summed E-state index contributed by atoms with van der Waals surface area (Å²) in [4.78, 5) is 21.5. The minimum absolute atomic E-state index is 0.178. The van der Waals surface area contributed by atoms with Crippen LogP contribution in [0, 0.1) is 0 Å². The molecule has 1 aromatic rings. The zero-order chi connectivity index (χ0) is 9.84. The van der Waals surface area contributed by atoms with Crippen molar-refractivity contribution in [2.24, 2.45) is 0 Å². The highest BCUT2D eigenvalue weighted by Crippen LogP contribution is 2.14. The van der Waals surface area contributed by atoms with Crippen LogP contribution >= 0.6 is 0 Å². The highest BCUT2D eigenvalue weighted by Gasteiger charge is 2.16. The monoisotopic (exact) mass is 179 g/mol. The van der Waals surface area contributed by atoms with Gasteiger partial charge in [0, 0.05) is 12.7 Å². The fourth-order valence-electron chi connectivity index (χ4n) is 1.01. The van der Waals surface area contributed by atoms with Crippen LogP contribution in [-0.2, 0) is 4.79 Å². The number of Topliss-reactive ketones (excluding diaryl/α,β-unsaturated/α-hetero) is 1. The predicted molar refractivity (Wildman–Crippen MR) is 48.0 cm³/mol. The molecule has 0 atom stereocenters. The second-order valence-electron chi connectivity index (χ2n) is 2.43. The van der Waals surface area contributed by atoms with Crippen molar-refractivity contribution in [3.05, 3.63) is 29.8 Å². The smallest absolute Gasteiger partial charge is 0.377 e. The fraction of sp³-hybridized carbons (Fsp3) is 0.111. The number of anilines is 1. The molecular formula is C9H9NO3. The Hall–Kier alpha value is -1.84. The summed E-state index contributed by atoms with van der Waals surface area (Å²) < 4.78 is 0. The fourth-order valence-corrected chi connectivity index (χ4v) is 1.01. The van der Waals surface area contributed by atoms with Gasteiger partial charge in [0.1, 0.15) is 0 Å². The molecule has 0 radical (unpaired) electrons. The van der Waals surface area contributed by atoms with Gasteiger partial charge in [0.05, 0.1) is 5.56 Å². The van der Waals surface area contributed by atoms with E-state index in [-0.39, 0.29) is 5.56 Å². The third-order valence-electron chi connectivity index (χ3n) is 1.64. The van der Waals surface area contributed by atoms with Gasteiger partial charge in [0.15, 0.2) is 0 Å². The average Bonchev–Trinajstić information content (AvgIpc) is 2.16. The molecule has 0 fully saturated rings. The van der Waals surface area contributed by atoms with Crippen LogP contribution < -0.4 is 5.32 Å². The van der Waals surface area contributed by atoms with Gasteiger partial charge in [0.2, 0.25) is 0 Å². The molecule has 13 heavy (non-hydrogen) atoms. The normalized spacial score (nSPS) is 9.31. The summed E-state index contributed by atoms with van der Waals surface area (Å²) in [6.07, 6.45) is 0. The number of ketones is 1. The van der Waals surface area contributed by atoms with E-state index in [0.29, 0.717) is 5.69 Å². The van der Waals surface area contributed by atoms with Gasteiger partial charge in [-0.25, -0.2) is 4.79 Å². The number of carboxylic acids is 1. The lowest BCUT2D eigenvalue weighted by Crippen LogP contribution is -2.14. The van der Waals surface area contributed by atoms with Gasteiger partial charge in [0.25, 0.3) is 5.78 Å². The summed E-state index contributed by atoms with van der Waals surface area (Å²) in [5.74, 6) is -2.34. The van der Waals surface area contributed by atoms with E-state index in [2.05, 4.69) is 5.32 Å². The Labute approximate surface area is 75.2 Å². The Morgan fingerprint density at radius 1 is 1.31 bits per heavy atom. The first kappa shape index (κ1) is 9.25. The molecule has 1 aromatic carbocycles. The molecule has 0 unspecified atom stereocenters. The van der Waals surface area contributed by atoms with Gasteiger partial charge < -0.3 is 10.4 Å². The van der Waals surface area contributed by atoms with E-state index < -0.39 is 11.8 Å². The van der Waals surface area contributed by atoms with E-state index in [0.717, 1.165) is 0 Å². The van der Waals surface area contributed by atoms with Gasteiger partial charge in [-0.15, -0.1) is 0 Å². The lowest BCUT2D eigenvalue weighted by atomic mass is 10.1. The quantitative estimate of drug-likeness (QED) is 0.536. The molecule has 0 aliphatic heterocycles. The number of carboxylic acid groups (broad SMARTS) is 1. The third kappa shape index (κ3) is 1.84. The standard InChI is InChI=1S/C9H9NO3/c1-10-7-5-3-2-4-6(7)8(11)9(12)13/h2-5,10H,1H3,(H,12,13). The van der Waals surface area contributed by atoms with Crippen LogP contribution in [-0.4, -0.2) is 23.9 Å². The van der Waals surface area contributed by atoms with E-state index in [1.807, 2.05) is 0 Å². The van der Waals surface area contributed by atoms with Crippen molar-refractivity contribution in [1.29, 1.82) is 0 Å². The first-order valence-corrected chi connectivity index (χ1v) is 3.71. The lowest BCUT2D eigenvalue weighted by molar-refractivity contribution is -0.131. The van der Waals surface area contributed by atoms with Crippen LogP contribution in [0.15, 0.2) is 24.3 Å². The molecule has 68 valence electrons. The van der Waals surface area contributed by atoms with Gasteiger partial charge >= 0.3 is 5.97 Å². The Bertz CT molecular complexity index is 346. The number of carbonyl (C=O) groups is 2. The number of para-hydroxylation sites is 1. The summed E-state index contributed by atoms with van der Waals surface area (Å²) in [5.41, 5.74) is 0.701. The molecule has 0 aliphatic rings. The molecule has 0 aromatic heterocycles. The topological polar surface area (TPSA) is 66.4 Å². The second kappa shape index (κ2) is 3.71. The molecule has 0 bridgehead atoms. The Kier molecular flexibility index (Phi) is 2.64. The highest BCUT2D eigenvalue weighted by atomic mass is 16.4. The molecule has 2 N–H and O–H groups in total. The van der Waals surface area contributed by atoms with Crippen molar-refractivity contribution < 1.29 is 14.7 Å². The van der Waals surface area contributed by atoms with Crippen LogP contribution in [0.25, 0.3) is 0 Å². The number of carbonyl (C=O) groups excluding carboxylic acids is 1. The third-order valence-corrected chi connectivity index (χ3v) is 1.64. The molecule has 0 spiro atoms. The van der Waals surface area contributed by atoms with Gasteiger partial charge in [-0.05, 0) is 12.1 Å². The zero-order valence-electron chi connectivity index (χ0n) is 7.07. The molecule has 0 amide bonds. The summed E-state index contributed by atoms with van der Waals surface area (Å²) in [6, 6.07) is 6.47. The maximum atomic E-state index is 11.1. The van der Waals surface area contributed by atoms with E-state index >= 15 is 0 Å². The SMILES string of the molecule is CNc1ccccc1C(=O)C(=O)O. The van der Waals surface area contributed by atoms with Crippen LogP contribution in [0.1, 0.15) is 10.4 Å². The number of rotatable bonds is 3. The average molecular weight is 179 g/mol. The van der Waals surface area contributed by atoms with Crippen molar-refractivity contribution in [2.45, 2.75) is 0 Å². The van der Waals surface area contributed by atoms with Gasteiger partial charge in [-0.1, -0.05) is 12.1 Å². The van der Waals surface area contributed by atoms with Crippen molar-refractivity contribution in [2.75, 3.05) is 12.4 Å². The minimum Gasteiger partial charge on any atom is -0.475 e. The van der Waals surface area contributed by atoms with Crippen LogP contribution in [0.2, 0.25) is 0 Å². The molecule has 4 nitrogen and oxygen atoms in total. The van der Waals surface area contributed by atoms with E-state index in [1.54, 1.807) is 25.2 Å². The molecule has 0 saturated carbocycles. The largest absolute Gasteiger partial charge is 0.475 e. The first-order valence-electron chi connectivity index (χ1n) is 3.71. The highest BCUT2D eigenvalue weighted by molar-refractivity contribution is 6.41. The summed E-state index contributed by atoms with van der Waals surface area (Å²) >= 11 is 0. The van der Waals surface area contributed by atoms with E-state index in [4.69, 9.17) is 5.11 Å². The zero-order valence-corrected chi connectivity index (χ0v) is 7.07. The first-order chi connectivity index (χ1) is 6.16. The summed E-state index contributed by atoms with van der Waals surface area (Å²) in [6.45, 7) is 0. The summed E-state index contributed by atoms with van der Waals surface area (Å²) in [5, 5.41) is 11.2. The van der Waals surface area contributed by atoms with Crippen molar-refractivity contribution in [1.82, 2.24) is 0 Å². The van der Waals surface area contributed by atoms with Crippen LogP contribution in [0.4, 0.5) is 5.69 Å². The number of aliphatic carboxylic acids is 1. The molecule has 0 aliphatic carbocycles. The lowest BCUT2D eigenvalue weighted by Gasteiger charge is -2.04. The number of hydrogen-bond donors (Lipinski definition) is 2. The second-order valence-corrected chi connectivity index (χ2v) is 2.43. The maximum absolute atomic E-state index is 11.1. The molecule has 4 heteroatoms. The molecular weight excluding hydrogens is 170 g/mol. The number of nitrogens with one attached hydrogen (secondary N) is 1. The van der Waals surface area contributed by atoms with Crippen LogP contribution in [0.5, 0.6) is 0 Å². The molecule has 0 saturated heterocycles. The molecule has 1 rings (SSSR count). The van der Waals surface area contributed by atoms with Gasteiger partial charge in [-0.2, -0.15) is 0 Å². The predicted octanol–water partition coefficient (Wildman–Crippen LogP) is 0.996. The van der Waals surface area contributed by atoms with Crippen molar-refractivity contribution in [3.63, 3.8) is 0 Å². The van der Waals surface area contributed by atoms with Gasteiger partial charge in [-0.3, -0.25) is 4.79 Å². The number of hydrogen-bond acceptors (Lipinski definition) is 3. The number of benzene rings is 1.